The number of aromatic nitrogens is 4. The third-order valence-corrected chi connectivity index (χ3v) is 3.27. The minimum atomic E-state index is -0.445. The lowest BCUT2D eigenvalue weighted by Crippen LogP contribution is -2.14. The van der Waals surface area contributed by atoms with Crippen molar-refractivity contribution < 1.29 is 9.53 Å². The van der Waals surface area contributed by atoms with Crippen molar-refractivity contribution in [2.75, 3.05) is 6.61 Å². The Kier molecular flexibility index (Phi) is 3.71. The fourth-order valence-electron chi connectivity index (χ4n) is 1.55. The molecule has 0 saturated carbocycles. The predicted molar refractivity (Wildman–Crippen MR) is 66.7 cm³/mol. The molecule has 6 nitrogen and oxygen atoms in total. The molecule has 0 bridgehead atoms. The maximum Gasteiger partial charge on any atom is 0.376 e. The molecule has 18 heavy (non-hydrogen) atoms. The number of carbonyl (C=O) groups excluding carboxylic acids is 1. The van der Waals surface area contributed by atoms with Crippen molar-refractivity contribution in [3.8, 4) is 0 Å². The standard InChI is InChI=1S/C11H14N4O2S/c1-4-17-11(16)10-14-13-7(2)15(10)6-9-5-12-8(3)18-9/h5H,4,6H2,1-3H3. The van der Waals surface area contributed by atoms with Gasteiger partial charge < -0.3 is 9.30 Å². The molecular weight excluding hydrogens is 252 g/mol. The third-order valence-electron chi connectivity index (χ3n) is 2.38. The van der Waals surface area contributed by atoms with Gasteiger partial charge in [0.25, 0.3) is 0 Å². The average Bonchev–Trinajstić information content (AvgIpc) is 2.88. The van der Waals surface area contributed by atoms with Crippen molar-refractivity contribution >= 4 is 17.3 Å². The van der Waals surface area contributed by atoms with Crippen molar-refractivity contribution in [1.29, 1.82) is 0 Å². The number of carbonyl (C=O) groups is 1. The summed E-state index contributed by atoms with van der Waals surface area (Å²) in [4.78, 5) is 17.0. The second-order valence-corrected chi connectivity index (χ2v) is 5.04. The molecule has 2 aromatic heterocycles. The summed E-state index contributed by atoms with van der Waals surface area (Å²) in [5.41, 5.74) is 0. The van der Waals surface area contributed by atoms with Crippen molar-refractivity contribution in [2.24, 2.45) is 0 Å². The van der Waals surface area contributed by atoms with Crippen molar-refractivity contribution in [1.82, 2.24) is 19.7 Å². The van der Waals surface area contributed by atoms with Gasteiger partial charge in [0.15, 0.2) is 0 Å². The lowest BCUT2D eigenvalue weighted by Gasteiger charge is -2.05. The van der Waals surface area contributed by atoms with Gasteiger partial charge in [-0.3, -0.25) is 0 Å². The normalized spacial score (nSPS) is 10.6. The van der Waals surface area contributed by atoms with Gasteiger partial charge in [-0.15, -0.1) is 21.5 Å². The third kappa shape index (κ3) is 2.56. The zero-order chi connectivity index (χ0) is 13.1. The van der Waals surface area contributed by atoms with Crippen LogP contribution in [0.2, 0.25) is 0 Å². The molecule has 0 aromatic carbocycles. The smallest absolute Gasteiger partial charge is 0.376 e. The van der Waals surface area contributed by atoms with Crippen LogP contribution < -0.4 is 0 Å². The molecule has 0 aliphatic heterocycles. The number of thiazole rings is 1. The van der Waals surface area contributed by atoms with Gasteiger partial charge in [0.05, 0.1) is 18.2 Å². The van der Waals surface area contributed by atoms with Gasteiger partial charge in [-0.05, 0) is 20.8 Å². The topological polar surface area (TPSA) is 69.9 Å². The summed E-state index contributed by atoms with van der Waals surface area (Å²) in [5, 5.41) is 8.77. The fourth-order valence-corrected chi connectivity index (χ4v) is 2.34. The molecular formula is C11H14N4O2S. The summed E-state index contributed by atoms with van der Waals surface area (Å²) >= 11 is 1.59. The molecule has 0 saturated heterocycles. The Labute approximate surface area is 109 Å². The monoisotopic (exact) mass is 266 g/mol. The molecule has 0 N–H and O–H groups in total. The van der Waals surface area contributed by atoms with Gasteiger partial charge in [0.1, 0.15) is 5.82 Å². The maximum absolute atomic E-state index is 11.7. The van der Waals surface area contributed by atoms with Gasteiger partial charge in [-0.2, -0.15) is 0 Å². The van der Waals surface area contributed by atoms with Crippen LogP contribution in [0.3, 0.4) is 0 Å². The number of esters is 1. The van der Waals surface area contributed by atoms with Crippen LogP contribution >= 0.6 is 11.3 Å². The number of hydrogen-bond acceptors (Lipinski definition) is 6. The van der Waals surface area contributed by atoms with E-state index in [2.05, 4.69) is 15.2 Å². The molecule has 0 unspecified atom stereocenters. The highest BCUT2D eigenvalue weighted by Crippen LogP contribution is 2.15. The summed E-state index contributed by atoms with van der Waals surface area (Å²) in [5.74, 6) is 0.476. The summed E-state index contributed by atoms with van der Waals surface area (Å²) in [6, 6.07) is 0. The van der Waals surface area contributed by atoms with E-state index < -0.39 is 5.97 Å². The zero-order valence-electron chi connectivity index (χ0n) is 10.5. The summed E-state index contributed by atoms with van der Waals surface area (Å²) in [7, 11) is 0. The van der Waals surface area contributed by atoms with E-state index in [-0.39, 0.29) is 5.82 Å². The molecule has 96 valence electrons. The first-order valence-electron chi connectivity index (χ1n) is 5.60. The first kappa shape index (κ1) is 12.7. The van der Waals surface area contributed by atoms with E-state index in [9.17, 15) is 4.79 Å². The molecule has 0 radical (unpaired) electrons. The molecule has 0 aliphatic rings. The van der Waals surface area contributed by atoms with E-state index >= 15 is 0 Å². The van der Waals surface area contributed by atoms with Crippen LogP contribution in [0.25, 0.3) is 0 Å². The molecule has 0 fully saturated rings. The van der Waals surface area contributed by atoms with Crippen LogP contribution in [0, 0.1) is 13.8 Å². The Morgan fingerprint density at radius 2 is 2.22 bits per heavy atom. The molecule has 0 atom stereocenters. The van der Waals surface area contributed by atoms with Crippen molar-refractivity contribution in [3.05, 3.63) is 27.7 Å². The molecule has 2 heterocycles. The van der Waals surface area contributed by atoms with E-state index in [0.29, 0.717) is 19.0 Å². The summed E-state index contributed by atoms with van der Waals surface area (Å²) in [6.07, 6.45) is 1.80. The number of rotatable bonds is 4. The average molecular weight is 266 g/mol. The highest BCUT2D eigenvalue weighted by molar-refractivity contribution is 7.11. The predicted octanol–water partition coefficient (Wildman–Crippen LogP) is 1.58. The highest BCUT2D eigenvalue weighted by atomic mass is 32.1. The van der Waals surface area contributed by atoms with Gasteiger partial charge in [-0.25, -0.2) is 9.78 Å². The van der Waals surface area contributed by atoms with Gasteiger partial charge in [-0.1, -0.05) is 0 Å². The first-order chi connectivity index (χ1) is 8.61. The lowest BCUT2D eigenvalue weighted by atomic mass is 10.4. The van der Waals surface area contributed by atoms with Crippen LogP contribution in [-0.4, -0.2) is 32.3 Å². The molecule has 7 heteroatoms. The molecule has 0 aliphatic carbocycles. The van der Waals surface area contributed by atoms with Gasteiger partial charge in [0, 0.05) is 11.1 Å². The Hall–Kier alpha value is -1.76. The summed E-state index contributed by atoms with van der Waals surface area (Å²) in [6.45, 7) is 6.38. The minimum Gasteiger partial charge on any atom is -0.460 e. The summed E-state index contributed by atoms with van der Waals surface area (Å²) < 4.78 is 6.69. The fraction of sp³-hybridized carbons (Fsp3) is 0.455. The Morgan fingerprint density at radius 3 is 2.83 bits per heavy atom. The van der Waals surface area contributed by atoms with Crippen molar-refractivity contribution in [3.63, 3.8) is 0 Å². The van der Waals surface area contributed by atoms with Gasteiger partial charge in [0.2, 0.25) is 5.82 Å². The van der Waals surface area contributed by atoms with Crippen LogP contribution in [0.1, 0.15) is 33.3 Å². The quantitative estimate of drug-likeness (QED) is 0.786. The number of aryl methyl sites for hydroxylation is 2. The van der Waals surface area contributed by atoms with E-state index in [0.717, 1.165) is 9.88 Å². The van der Waals surface area contributed by atoms with E-state index in [1.54, 1.807) is 29.0 Å². The molecule has 2 aromatic rings. The zero-order valence-corrected chi connectivity index (χ0v) is 11.3. The molecule has 2 rings (SSSR count). The maximum atomic E-state index is 11.7. The second kappa shape index (κ2) is 5.26. The Balaban J connectivity index is 2.26. The Morgan fingerprint density at radius 1 is 1.44 bits per heavy atom. The van der Waals surface area contributed by atoms with E-state index in [1.165, 1.54) is 0 Å². The largest absolute Gasteiger partial charge is 0.460 e. The van der Waals surface area contributed by atoms with Crippen LogP contribution in [-0.2, 0) is 11.3 Å². The van der Waals surface area contributed by atoms with E-state index in [4.69, 9.17) is 4.74 Å². The molecule has 0 spiro atoms. The number of hydrogen-bond donors (Lipinski definition) is 0. The van der Waals surface area contributed by atoms with Crippen LogP contribution in [0.15, 0.2) is 6.20 Å². The van der Waals surface area contributed by atoms with Crippen LogP contribution in [0.4, 0.5) is 0 Å². The number of ether oxygens (including phenoxy) is 1. The SMILES string of the molecule is CCOC(=O)c1nnc(C)n1Cc1cnc(C)s1. The highest BCUT2D eigenvalue weighted by Gasteiger charge is 2.18. The minimum absolute atomic E-state index is 0.236. The lowest BCUT2D eigenvalue weighted by molar-refractivity contribution is 0.0506. The van der Waals surface area contributed by atoms with Gasteiger partial charge >= 0.3 is 5.97 Å². The molecule has 0 amide bonds. The van der Waals surface area contributed by atoms with Crippen molar-refractivity contribution in [2.45, 2.75) is 27.3 Å². The number of nitrogens with zero attached hydrogens (tertiary/aromatic N) is 4. The first-order valence-corrected chi connectivity index (χ1v) is 6.41. The van der Waals surface area contributed by atoms with E-state index in [1.807, 2.05) is 13.8 Å². The second-order valence-electron chi connectivity index (χ2n) is 3.72. The van der Waals surface area contributed by atoms with Crippen LogP contribution in [0.5, 0.6) is 0 Å². The Bertz CT molecular complexity index is 561.